The summed E-state index contributed by atoms with van der Waals surface area (Å²) in [6.45, 7) is 5.94. The van der Waals surface area contributed by atoms with E-state index in [0.717, 1.165) is 32.1 Å². The van der Waals surface area contributed by atoms with Gasteiger partial charge in [-0.25, -0.2) is 4.79 Å². The van der Waals surface area contributed by atoms with Crippen LogP contribution in [0, 0.1) is 0 Å². The lowest BCUT2D eigenvalue weighted by Gasteiger charge is -2.43. The van der Waals surface area contributed by atoms with Gasteiger partial charge in [-0.15, -0.1) is 0 Å². The van der Waals surface area contributed by atoms with Gasteiger partial charge in [0.2, 0.25) is 5.91 Å². The Kier molecular flexibility index (Phi) is 7.68. The zero-order chi connectivity index (χ0) is 19.1. The van der Waals surface area contributed by atoms with Crippen molar-refractivity contribution in [2.75, 3.05) is 26.2 Å². The minimum absolute atomic E-state index is 0.0360. The van der Waals surface area contributed by atoms with E-state index in [4.69, 9.17) is 5.11 Å². The van der Waals surface area contributed by atoms with Crippen molar-refractivity contribution >= 4 is 17.9 Å². The molecule has 1 aliphatic carbocycles. The van der Waals surface area contributed by atoms with Crippen LogP contribution in [0.2, 0.25) is 0 Å². The van der Waals surface area contributed by atoms with Gasteiger partial charge in [-0.1, -0.05) is 13.8 Å². The van der Waals surface area contributed by atoms with E-state index in [-0.39, 0.29) is 36.6 Å². The third kappa shape index (κ3) is 5.86. The van der Waals surface area contributed by atoms with Gasteiger partial charge in [0, 0.05) is 37.6 Å². The van der Waals surface area contributed by atoms with Crippen LogP contribution in [0.25, 0.3) is 0 Å². The van der Waals surface area contributed by atoms with Crippen LogP contribution in [0.15, 0.2) is 0 Å². The highest BCUT2D eigenvalue weighted by atomic mass is 16.4. The van der Waals surface area contributed by atoms with Crippen molar-refractivity contribution in [3.8, 4) is 0 Å². The van der Waals surface area contributed by atoms with Gasteiger partial charge in [0.25, 0.3) is 0 Å². The van der Waals surface area contributed by atoms with Gasteiger partial charge < -0.3 is 20.6 Å². The first-order valence-corrected chi connectivity index (χ1v) is 9.73. The molecule has 0 radical (unpaired) electrons. The third-order valence-corrected chi connectivity index (χ3v) is 5.25. The van der Waals surface area contributed by atoms with Gasteiger partial charge in [0.15, 0.2) is 0 Å². The molecule has 1 saturated heterocycles. The summed E-state index contributed by atoms with van der Waals surface area (Å²) in [7, 11) is 0. The summed E-state index contributed by atoms with van der Waals surface area (Å²) in [6.07, 6.45) is 4.72. The van der Waals surface area contributed by atoms with E-state index < -0.39 is 5.97 Å². The maximum atomic E-state index is 12.5. The quantitative estimate of drug-likeness (QED) is 0.594. The number of aliphatic carboxylic acids is 1. The maximum absolute atomic E-state index is 12.5. The maximum Gasteiger partial charge on any atom is 0.317 e. The molecule has 0 aromatic heterocycles. The topological polar surface area (TPSA) is 102 Å². The average Bonchev–Trinajstić information content (AvgIpc) is 2.56. The van der Waals surface area contributed by atoms with Gasteiger partial charge in [-0.05, 0) is 38.6 Å². The molecular formula is C18H32N4O4. The number of nitrogens with zero attached hydrogens (tertiary/aromatic N) is 2. The highest BCUT2D eigenvalue weighted by Crippen LogP contribution is 2.26. The molecule has 148 valence electrons. The number of likely N-dealkylation sites (N-methyl/N-ethyl adjacent to an activating group) is 1. The predicted octanol–water partition coefficient (Wildman–Crippen LogP) is 1.01. The second-order valence-corrected chi connectivity index (χ2v) is 7.33. The minimum Gasteiger partial charge on any atom is -0.480 e. The number of hydrogen-bond acceptors (Lipinski definition) is 4. The second-order valence-electron chi connectivity index (χ2n) is 7.33. The second kappa shape index (κ2) is 9.75. The summed E-state index contributed by atoms with van der Waals surface area (Å²) in [6, 6.07) is 0.284. The molecule has 0 bridgehead atoms. The van der Waals surface area contributed by atoms with Gasteiger partial charge in [0.05, 0.1) is 6.54 Å². The van der Waals surface area contributed by atoms with Crippen LogP contribution >= 0.6 is 0 Å². The van der Waals surface area contributed by atoms with Crippen LogP contribution < -0.4 is 10.6 Å². The van der Waals surface area contributed by atoms with E-state index in [1.165, 1.54) is 0 Å². The molecule has 0 spiro atoms. The summed E-state index contributed by atoms with van der Waals surface area (Å²) in [5.41, 5.74) is 0. The van der Waals surface area contributed by atoms with Gasteiger partial charge in [-0.2, -0.15) is 0 Å². The highest BCUT2D eigenvalue weighted by molar-refractivity contribution is 5.77. The first-order valence-electron chi connectivity index (χ1n) is 9.73. The Labute approximate surface area is 155 Å². The molecule has 8 heteroatoms. The molecular weight excluding hydrogens is 336 g/mol. The molecule has 0 aromatic carbocycles. The first kappa shape index (κ1) is 20.5. The lowest BCUT2D eigenvalue weighted by molar-refractivity contribution is -0.139. The number of rotatable bonds is 8. The van der Waals surface area contributed by atoms with E-state index in [1.807, 2.05) is 18.7 Å². The molecule has 1 unspecified atom stereocenters. The number of carboxylic acid groups (broad SMARTS) is 1. The monoisotopic (exact) mass is 368 g/mol. The largest absolute Gasteiger partial charge is 0.480 e. The molecule has 2 aliphatic rings. The van der Waals surface area contributed by atoms with E-state index in [1.54, 1.807) is 4.90 Å². The fourth-order valence-electron chi connectivity index (χ4n) is 3.75. The van der Waals surface area contributed by atoms with E-state index in [9.17, 15) is 14.4 Å². The zero-order valence-corrected chi connectivity index (χ0v) is 15.9. The van der Waals surface area contributed by atoms with Gasteiger partial charge in [-0.3, -0.25) is 14.5 Å². The summed E-state index contributed by atoms with van der Waals surface area (Å²) >= 11 is 0. The lowest BCUT2D eigenvalue weighted by Crippen LogP contribution is -2.58. The molecule has 3 amide bonds. The molecule has 2 rings (SSSR count). The molecule has 8 nitrogen and oxygen atoms in total. The summed E-state index contributed by atoms with van der Waals surface area (Å²) in [4.78, 5) is 38.8. The Morgan fingerprint density at radius 1 is 1.15 bits per heavy atom. The summed E-state index contributed by atoms with van der Waals surface area (Å²) in [5, 5.41) is 15.0. The van der Waals surface area contributed by atoms with Crippen molar-refractivity contribution in [1.82, 2.24) is 20.4 Å². The van der Waals surface area contributed by atoms with Crippen molar-refractivity contribution < 1.29 is 19.5 Å². The standard InChI is InChI=1S/C18H32N4O4/c1-3-6-16(23)19-13-7-5-8-22(11-13)18(26)20-14-9-15(10-14)21(4-2)12-17(24)25/h13-15H,3-12H2,1-2H3,(H,19,23)(H,20,26)(H,24,25). The molecule has 0 aromatic rings. The highest BCUT2D eigenvalue weighted by Gasteiger charge is 2.36. The third-order valence-electron chi connectivity index (χ3n) is 5.25. The van der Waals surface area contributed by atoms with Gasteiger partial charge in [0.1, 0.15) is 0 Å². The van der Waals surface area contributed by atoms with Crippen LogP contribution in [0.1, 0.15) is 52.4 Å². The van der Waals surface area contributed by atoms with Gasteiger partial charge >= 0.3 is 12.0 Å². The smallest absolute Gasteiger partial charge is 0.317 e. The van der Waals surface area contributed by atoms with Crippen LogP contribution in [0.3, 0.4) is 0 Å². The number of piperidine rings is 1. The molecule has 1 saturated carbocycles. The lowest BCUT2D eigenvalue weighted by atomic mass is 9.85. The van der Waals surface area contributed by atoms with Crippen LogP contribution in [-0.4, -0.2) is 77.1 Å². The number of likely N-dealkylation sites (tertiary alicyclic amines) is 1. The van der Waals surface area contributed by atoms with Crippen molar-refractivity contribution in [2.24, 2.45) is 0 Å². The van der Waals surface area contributed by atoms with Crippen molar-refractivity contribution in [3.63, 3.8) is 0 Å². The number of urea groups is 1. The summed E-state index contributed by atoms with van der Waals surface area (Å²) < 4.78 is 0. The van der Waals surface area contributed by atoms with Crippen LogP contribution in [-0.2, 0) is 9.59 Å². The molecule has 1 heterocycles. The molecule has 1 atom stereocenters. The minimum atomic E-state index is -0.816. The number of hydrogen-bond donors (Lipinski definition) is 3. The molecule has 26 heavy (non-hydrogen) atoms. The first-order chi connectivity index (χ1) is 12.4. The molecule has 2 fully saturated rings. The van der Waals surface area contributed by atoms with Crippen molar-refractivity contribution in [1.29, 1.82) is 0 Å². The normalized spacial score (nSPS) is 25.5. The Bertz CT molecular complexity index is 507. The Morgan fingerprint density at radius 2 is 1.88 bits per heavy atom. The molecule has 3 N–H and O–H groups in total. The average molecular weight is 368 g/mol. The fourth-order valence-corrected chi connectivity index (χ4v) is 3.75. The number of carbonyl (C=O) groups excluding carboxylic acids is 2. The van der Waals surface area contributed by atoms with Crippen LogP contribution in [0.5, 0.6) is 0 Å². The SMILES string of the molecule is CCCC(=O)NC1CCCN(C(=O)NC2CC(N(CC)CC(=O)O)C2)C1. The number of nitrogens with one attached hydrogen (secondary N) is 2. The number of amides is 3. The van der Waals surface area contributed by atoms with Crippen molar-refractivity contribution in [2.45, 2.75) is 70.5 Å². The van der Waals surface area contributed by atoms with E-state index in [2.05, 4.69) is 10.6 Å². The number of carboxylic acids is 1. The Morgan fingerprint density at radius 3 is 2.50 bits per heavy atom. The number of carbonyl (C=O) groups is 3. The molecule has 1 aliphatic heterocycles. The predicted molar refractivity (Wildman–Crippen MR) is 97.9 cm³/mol. The zero-order valence-electron chi connectivity index (χ0n) is 15.9. The Hall–Kier alpha value is -1.83. The summed E-state index contributed by atoms with van der Waals surface area (Å²) in [5.74, 6) is -0.761. The Balaban J connectivity index is 1.73. The van der Waals surface area contributed by atoms with Crippen molar-refractivity contribution in [3.05, 3.63) is 0 Å². The van der Waals surface area contributed by atoms with Crippen LogP contribution in [0.4, 0.5) is 4.79 Å². The van der Waals surface area contributed by atoms with E-state index in [0.29, 0.717) is 26.1 Å². The van der Waals surface area contributed by atoms with E-state index >= 15 is 0 Å². The fraction of sp³-hybridized carbons (Fsp3) is 0.833.